The van der Waals surface area contributed by atoms with E-state index in [9.17, 15) is 13.2 Å². The lowest BCUT2D eigenvalue weighted by Crippen LogP contribution is -2.42. The standard InChI is InChI=1S/C10H13BrF3N3S/c1-17(3-7-2-6(11)5-18-7)4-8(9(15)16)10(12,13)14/h2,5,8H,3-4H2,1H3,(H3,15,16). The molecule has 102 valence electrons. The lowest BCUT2D eigenvalue weighted by atomic mass is 10.1. The molecule has 0 fully saturated rings. The Hall–Kier alpha value is -0.600. The summed E-state index contributed by atoms with van der Waals surface area (Å²) >= 11 is 4.75. The van der Waals surface area contributed by atoms with Gasteiger partial charge in [-0.05, 0) is 29.0 Å². The number of nitrogens with zero attached hydrogens (tertiary/aromatic N) is 1. The van der Waals surface area contributed by atoms with E-state index < -0.39 is 17.9 Å². The van der Waals surface area contributed by atoms with E-state index in [1.165, 1.54) is 16.2 Å². The molecule has 0 saturated heterocycles. The average molecular weight is 344 g/mol. The van der Waals surface area contributed by atoms with Gasteiger partial charge in [-0.25, -0.2) is 0 Å². The highest BCUT2D eigenvalue weighted by molar-refractivity contribution is 9.10. The molecule has 0 aliphatic heterocycles. The summed E-state index contributed by atoms with van der Waals surface area (Å²) < 4.78 is 38.8. The Morgan fingerprint density at radius 1 is 1.61 bits per heavy atom. The van der Waals surface area contributed by atoms with Crippen LogP contribution in [0.2, 0.25) is 0 Å². The molecule has 0 aliphatic carbocycles. The zero-order chi connectivity index (χ0) is 13.9. The third-order valence-corrected chi connectivity index (χ3v) is 3.99. The van der Waals surface area contributed by atoms with Gasteiger partial charge in [-0.1, -0.05) is 0 Å². The number of alkyl halides is 3. The van der Waals surface area contributed by atoms with Crippen LogP contribution in [0.3, 0.4) is 0 Å². The van der Waals surface area contributed by atoms with Crippen LogP contribution >= 0.6 is 27.3 Å². The van der Waals surface area contributed by atoms with Gasteiger partial charge in [-0.15, -0.1) is 11.3 Å². The molecule has 1 rings (SSSR count). The number of amidine groups is 1. The van der Waals surface area contributed by atoms with Gasteiger partial charge in [0.25, 0.3) is 0 Å². The molecule has 1 aromatic heterocycles. The quantitative estimate of drug-likeness (QED) is 0.637. The summed E-state index contributed by atoms with van der Waals surface area (Å²) in [6, 6.07) is 1.86. The highest BCUT2D eigenvalue weighted by Crippen LogP contribution is 2.27. The molecule has 0 bridgehead atoms. The Labute approximate surface area is 115 Å². The van der Waals surface area contributed by atoms with Crippen molar-refractivity contribution in [3.63, 3.8) is 0 Å². The summed E-state index contributed by atoms with van der Waals surface area (Å²) in [6.45, 7) is 0.0878. The molecule has 18 heavy (non-hydrogen) atoms. The summed E-state index contributed by atoms with van der Waals surface area (Å²) in [4.78, 5) is 2.46. The highest BCUT2D eigenvalue weighted by Gasteiger charge is 2.42. The minimum atomic E-state index is -4.48. The predicted molar refractivity (Wildman–Crippen MR) is 69.8 cm³/mol. The molecule has 1 heterocycles. The van der Waals surface area contributed by atoms with Crippen molar-refractivity contribution in [2.45, 2.75) is 12.7 Å². The minimum absolute atomic E-state index is 0.311. The van der Waals surface area contributed by atoms with Crippen LogP contribution in [-0.4, -0.2) is 30.5 Å². The lowest BCUT2D eigenvalue weighted by molar-refractivity contribution is -0.159. The summed E-state index contributed by atoms with van der Waals surface area (Å²) in [6.07, 6.45) is -4.48. The largest absolute Gasteiger partial charge is 0.399 e. The second-order valence-electron chi connectivity index (χ2n) is 3.98. The first kappa shape index (κ1) is 15.5. The number of rotatable bonds is 5. The van der Waals surface area contributed by atoms with Gasteiger partial charge >= 0.3 is 6.18 Å². The molecular weight excluding hydrogens is 331 g/mol. The molecule has 1 aromatic rings. The Kier molecular flexibility index (Phi) is 5.18. The van der Waals surface area contributed by atoms with Gasteiger partial charge in [-0.2, -0.15) is 13.2 Å². The van der Waals surface area contributed by atoms with Crippen LogP contribution in [0.5, 0.6) is 0 Å². The molecule has 1 atom stereocenters. The maximum Gasteiger partial charge on any atom is 0.399 e. The van der Waals surface area contributed by atoms with Crippen LogP contribution in [0.1, 0.15) is 4.88 Å². The zero-order valence-electron chi connectivity index (χ0n) is 9.59. The van der Waals surface area contributed by atoms with E-state index in [1.54, 1.807) is 7.05 Å². The molecule has 0 saturated carbocycles. The van der Waals surface area contributed by atoms with E-state index in [0.717, 1.165) is 9.35 Å². The van der Waals surface area contributed by atoms with Crippen LogP contribution < -0.4 is 5.73 Å². The summed E-state index contributed by atoms with van der Waals surface area (Å²) in [5.41, 5.74) is 5.00. The smallest absolute Gasteiger partial charge is 0.387 e. The van der Waals surface area contributed by atoms with Crippen molar-refractivity contribution in [2.24, 2.45) is 11.7 Å². The molecule has 0 radical (unpaired) electrons. The van der Waals surface area contributed by atoms with Gasteiger partial charge in [0.15, 0.2) is 0 Å². The van der Waals surface area contributed by atoms with Crippen molar-refractivity contribution in [1.82, 2.24) is 4.90 Å². The average Bonchev–Trinajstić information content (AvgIpc) is 2.58. The predicted octanol–water partition coefficient (Wildman–Crippen LogP) is 3.06. The Morgan fingerprint density at radius 2 is 2.22 bits per heavy atom. The molecule has 8 heteroatoms. The molecule has 3 nitrogen and oxygen atoms in total. The van der Waals surface area contributed by atoms with Crippen LogP contribution in [0.25, 0.3) is 0 Å². The second-order valence-corrected chi connectivity index (χ2v) is 5.89. The Bertz CT molecular complexity index is 419. The zero-order valence-corrected chi connectivity index (χ0v) is 12.0. The van der Waals surface area contributed by atoms with Gasteiger partial charge in [-0.3, -0.25) is 5.41 Å². The molecular formula is C10H13BrF3N3S. The van der Waals surface area contributed by atoms with Crippen molar-refractivity contribution in [1.29, 1.82) is 5.41 Å². The van der Waals surface area contributed by atoms with E-state index in [1.807, 2.05) is 11.4 Å². The first-order valence-corrected chi connectivity index (χ1v) is 6.69. The van der Waals surface area contributed by atoms with Gasteiger partial charge in [0.05, 0.1) is 0 Å². The monoisotopic (exact) mass is 343 g/mol. The van der Waals surface area contributed by atoms with Gasteiger partial charge in [0.1, 0.15) is 11.8 Å². The number of hydrogen-bond donors (Lipinski definition) is 2. The number of hydrogen-bond acceptors (Lipinski definition) is 3. The van der Waals surface area contributed by atoms with Crippen molar-refractivity contribution in [3.8, 4) is 0 Å². The number of nitrogens with one attached hydrogen (secondary N) is 1. The van der Waals surface area contributed by atoms with Gasteiger partial charge < -0.3 is 10.6 Å². The van der Waals surface area contributed by atoms with E-state index in [2.05, 4.69) is 15.9 Å². The fourth-order valence-electron chi connectivity index (χ4n) is 1.46. The van der Waals surface area contributed by atoms with Gasteiger partial charge in [0.2, 0.25) is 0 Å². The van der Waals surface area contributed by atoms with E-state index in [4.69, 9.17) is 11.1 Å². The molecule has 0 aliphatic rings. The van der Waals surface area contributed by atoms with Crippen LogP contribution in [0.4, 0.5) is 13.2 Å². The SMILES string of the molecule is CN(Cc1cc(Br)cs1)CC(C(=N)N)C(F)(F)F. The van der Waals surface area contributed by atoms with Crippen molar-refractivity contribution in [3.05, 3.63) is 20.8 Å². The first-order valence-electron chi connectivity index (χ1n) is 5.02. The molecule has 0 amide bonds. The molecule has 3 N–H and O–H groups in total. The van der Waals surface area contributed by atoms with Crippen LogP contribution in [0, 0.1) is 11.3 Å². The van der Waals surface area contributed by atoms with Crippen molar-refractivity contribution < 1.29 is 13.2 Å². The van der Waals surface area contributed by atoms with Gasteiger partial charge in [0, 0.05) is 27.8 Å². The topological polar surface area (TPSA) is 53.1 Å². The van der Waals surface area contributed by atoms with Crippen molar-refractivity contribution >= 4 is 33.1 Å². The summed E-state index contributed by atoms with van der Waals surface area (Å²) in [5.74, 6) is -2.76. The summed E-state index contributed by atoms with van der Waals surface area (Å²) in [7, 11) is 1.58. The fraction of sp³-hybridized carbons (Fsp3) is 0.500. The lowest BCUT2D eigenvalue weighted by Gasteiger charge is -2.24. The van der Waals surface area contributed by atoms with Crippen LogP contribution in [-0.2, 0) is 6.54 Å². The molecule has 0 aromatic carbocycles. The van der Waals surface area contributed by atoms with Crippen molar-refractivity contribution in [2.75, 3.05) is 13.6 Å². The van der Waals surface area contributed by atoms with E-state index in [0.29, 0.717) is 6.54 Å². The number of nitrogens with two attached hydrogens (primary N) is 1. The number of thiophene rings is 1. The summed E-state index contributed by atoms with van der Waals surface area (Å²) in [5, 5.41) is 8.88. The Morgan fingerprint density at radius 3 is 2.61 bits per heavy atom. The minimum Gasteiger partial charge on any atom is -0.387 e. The third kappa shape index (κ3) is 4.58. The van der Waals surface area contributed by atoms with Crippen LogP contribution in [0.15, 0.2) is 15.9 Å². The normalized spacial score (nSPS) is 13.9. The highest BCUT2D eigenvalue weighted by atomic mass is 79.9. The second kappa shape index (κ2) is 6.03. The van der Waals surface area contributed by atoms with E-state index >= 15 is 0 Å². The Balaban J connectivity index is 2.62. The maximum absolute atomic E-state index is 12.6. The maximum atomic E-state index is 12.6. The third-order valence-electron chi connectivity index (χ3n) is 2.31. The number of halogens is 4. The fourth-order valence-corrected chi connectivity index (χ4v) is 2.99. The first-order chi connectivity index (χ1) is 8.20. The molecule has 1 unspecified atom stereocenters. The van der Waals surface area contributed by atoms with E-state index in [-0.39, 0.29) is 6.54 Å². The molecule has 0 spiro atoms.